The molecule has 4 nitrogen and oxygen atoms in total. The second-order valence-electron chi connectivity index (χ2n) is 6.03. The van der Waals surface area contributed by atoms with Gasteiger partial charge in [0.25, 0.3) is 0 Å². The average molecular weight is 349 g/mol. The number of rotatable bonds is 4. The molecule has 1 aliphatic heterocycles. The molecule has 0 radical (unpaired) electrons. The lowest BCUT2D eigenvalue weighted by Gasteiger charge is -2.39. The van der Waals surface area contributed by atoms with E-state index in [2.05, 4.69) is 33.0 Å². The second kappa shape index (κ2) is 6.57. The van der Waals surface area contributed by atoms with Gasteiger partial charge in [-0.05, 0) is 42.0 Å². The number of hydrogen-bond donors (Lipinski definition) is 2. The third kappa shape index (κ3) is 3.21. The summed E-state index contributed by atoms with van der Waals surface area (Å²) in [6, 6.07) is 20.0. The van der Waals surface area contributed by atoms with Crippen molar-refractivity contribution < 1.29 is 0 Å². The van der Waals surface area contributed by atoms with Gasteiger partial charge >= 0.3 is 0 Å². The molecule has 0 spiro atoms. The molecule has 4 rings (SSSR count). The van der Waals surface area contributed by atoms with E-state index in [1.165, 1.54) is 0 Å². The van der Waals surface area contributed by atoms with Crippen LogP contribution in [0.2, 0.25) is 5.02 Å². The number of halogens is 1. The van der Waals surface area contributed by atoms with E-state index in [0.717, 1.165) is 22.4 Å². The highest BCUT2D eigenvalue weighted by atomic mass is 35.5. The fourth-order valence-corrected chi connectivity index (χ4v) is 3.26. The maximum atomic E-state index is 6.03. The molecule has 0 fully saturated rings. The highest BCUT2D eigenvalue weighted by molar-refractivity contribution is 6.30. The van der Waals surface area contributed by atoms with Crippen molar-refractivity contribution in [3.63, 3.8) is 0 Å². The highest BCUT2D eigenvalue weighted by Gasteiger charge is 2.36. The third-order valence-electron chi connectivity index (χ3n) is 4.30. The van der Waals surface area contributed by atoms with E-state index in [4.69, 9.17) is 11.6 Å². The number of hydrazone groups is 1. The summed E-state index contributed by atoms with van der Waals surface area (Å²) in [7, 11) is 0. The Morgan fingerprint density at radius 1 is 0.960 bits per heavy atom. The first-order valence-corrected chi connectivity index (χ1v) is 8.45. The van der Waals surface area contributed by atoms with Crippen molar-refractivity contribution in [1.29, 1.82) is 0 Å². The van der Waals surface area contributed by atoms with Gasteiger partial charge in [-0.3, -0.25) is 10.4 Å². The molecule has 2 heterocycles. The van der Waals surface area contributed by atoms with Crippen LogP contribution in [0.3, 0.4) is 0 Å². The largest absolute Gasteiger partial charge is 0.358 e. The number of nitrogens with zero attached hydrogens (tertiary/aromatic N) is 2. The van der Waals surface area contributed by atoms with Crippen molar-refractivity contribution in [3.8, 4) is 0 Å². The number of hydrogen-bond acceptors (Lipinski definition) is 4. The first kappa shape index (κ1) is 15.7. The standard InChI is InChI=1S/C20H17ClN4/c21-17-5-7-18(8-6-17)24-20(13-15-9-11-22-12-10-15)19-4-2-1-3-16(19)14-23-25-20/h1-12,14,24-25H,13H2. The topological polar surface area (TPSA) is 49.3 Å². The number of fused-ring (bicyclic) bond motifs is 1. The molecule has 0 saturated heterocycles. The Morgan fingerprint density at radius 2 is 1.72 bits per heavy atom. The summed E-state index contributed by atoms with van der Waals surface area (Å²) in [4.78, 5) is 4.11. The van der Waals surface area contributed by atoms with E-state index >= 15 is 0 Å². The summed E-state index contributed by atoms with van der Waals surface area (Å²) >= 11 is 6.03. The molecule has 3 aromatic rings. The Hall–Kier alpha value is -2.85. The highest BCUT2D eigenvalue weighted by Crippen LogP contribution is 2.32. The van der Waals surface area contributed by atoms with Gasteiger partial charge in [0.15, 0.2) is 5.66 Å². The lowest BCUT2D eigenvalue weighted by Crippen LogP contribution is -2.50. The Balaban J connectivity index is 1.78. The van der Waals surface area contributed by atoms with E-state index in [-0.39, 0.29) is 0 Å². The van der Waals surface area contributed by atoms with E-state index in [9.17, 15) is 0 Å². The number of anilines is 1. The summed E-state index contributed by atoms with van der Waals surface area (Å²) in [5.41, 5.74) is 7.13. The molecule has 1 aromatic heterocycles. The van der Waals surface area contributed by atoms with E-state index in [1.807, 2.05) is 67.1 Å². The molecule has 5 heteroatoms. The third-order valence-corrected chi connectivity index (χ3v) is 4.55. The van der Waals surface area contributed by atoms with Crippen LogP contribution in [0.4, 0.5) is 5.69 Å². The van der Waals surface area contributed by atoms with Gasteiger partial charge < -0.3 is 5.32 Å². The minimum absolute atomic E-state index is 0.555. The van der Waals surface area contributed by atoms with Crippen LogP contribution in [0, 0.1) is 0 Å². The molecule has 2 aromatic carbocycles. The van der Waals surface area contributed by atoms with Gasteiger partial charge in [-0.25, -0.2) is 0 Å². The molecule has 1 aliphatic rings. The van der Waals surface area contributed by atoms with Crippen molar-refractivity contribution >= 4 is 23.5 Å². The molecule has 0 saturated carbocycles. The summed E-state index contributed by atoms with van der Waals surface area (Å²) in [5, 5.41) is 8.74. The first-order chi connectivity index (χ1) is 12.3. The van der Waals surface area contributed by atoms with E-state index < -0.39 is 5.66 Å². The summed E-state index contributed by atoms with van der Waals surface area (Å²) in [5.74, 6) is 0. The van der Waals surface area contributed by atoms with Crippen LogP contribution >= 0.6 is 11.6 Å². The maximum Gasteiger partial charge on any atom is 0.154 e. The van der Waals surface area contributed by atoms with Crippen LogP contribution in [0.1, 0.15) is 16.7 Å². The number of pyridine rings is 1. The fourth-order valence-electron chi connectivity index (χ4n) is 3.13. The number of benzene rings is 2. The summed E-state index contributed by atoms with van der Waals surface area (Å²) in [6.45, 7) is 0. The Labute approximate surface area is 151 Å². The van der Waals surface area contributed by atoms with Crippen LogP contribution in [0.5, 0.6) is 0 Å². The van der Waals surface area contributed by atoms with Crippen LogP contribution in [-0.4, -0.2) is 11.2 Å². The lowest BCUT2D eigenvalue weighted by atomic mass is 9.88. The van der Waals surface area contributed by atoms with Crippen LogP contribution < -0.4 is 10.7 Å². The Bertz CT molecular complexity index is 893. The van der Waals surface area contributed by atoms with Gasteiger partial charge in [0.1, 0.15) is 0 Å². The van der Waals surface area contributed by atoms with Gasteiger partial charge in [0, 0.05) is 40.7 Å². The van der Waals surface area contributed by atoms with Gasteiger partial charge in [0.05, 0.1) is 6.21 Å². The van der Waals surface area contributed by atoms with Gasteiger partial charge in [-0.2, -0.15) is 5.10 Å². The summed E-state index contributed by atoms with van der Waals surface area (Å²) in [6.07, 6.45) is 6.18. The van der Waals surface area contributed by atoms with Crippen molar-refractivity contribution in [2.75, 3.05) is 5.32 Å². The van der Waals surface area contributed by atoms with Crippen molar-refractivity contribution in [1.82, 2.24) is 10.4 Å². The van der Waals surface area contributed by atoms with Crippen molar-refractivity contribution in [3.05, 3.63) is 94.8 Å². The van der Waals surface area contributed by atoms with Crippen molar-refractivity contribution in [2.24, 2.45) is 5.10 Å². The zero-order valence-corrected chi connectivity index (χ0v) is 14.2. The maximum absolute atomic E-state index is 6.03. The van der Waals surface area contributed by atoms with Crippen LogP contribution in [0.15, 0.2) is 78.2 Å². The fraction of sp³-hybridized carbons (Fsp3) is 0.100. The zero-order valence-electron chi connectivity index (χ0n) is 13.5. The van der Waals surface area contributed by atoms with Crippen LogP contribution in [0.25, 0.3) is 0 Å². The molecule has 2 N–H and O–H groups in total. The molecule has 0 amide bonds. The minimum atomic E-state index is -0.555. The van der Waals surface area contributed by atoms with E-state index in [1.54, 1.807) is 0 Å². The smallest absolute Gasteiger partial charge is 0.154 e. The molecular formula is C20H17ClN4. The molecule has 1 atom stereocenters. The summed E-state index contributed by atoms with van der Waals surface area (Å²) < 4.78 is 0. The van der Waals surface area contributed by atoms with Gasteiger partial charge in [-0.15, -0.1) is 0 Å². The van der Waals surface area contributed by atoms with Gasteiger partial charge in [0.2, 0.25) is 0 Å². The molecule has 0 aliphatic carbocycles. The van der Waals surface area contributed by atoms with Crippen molar-refractivity contribution in [2.45, 2.75) is 12.1 Å². The van der Waals surface area contributed by atoms with E-state index in [0.29, 0.717) is 11.4 Å². The Kier molecular flexibility index (Phi) is 4.12. The molecule has 1 unspecified atom stereocenters. The predicted molar refractivity (Wildman–Crippen MR) is 102 cm³/mol. The SMILES string of the molecule is Clc1ccc(NC2(Cc3ccncc3)NN=Cc3ccccc32)cc1. The predicted octanol–water partition coefficient (Wildman–Crippen LogP) is 4.18. The average Bonchev–Trinajstić information content (AvgIpc) is 2.65. The Morgan fingerprint density at radius 3 is 2.52 bits per heavy atom. The quantitative estimate of drug-likeness (QED) is 0.743. The lowest BCUT2D eigenvalue weighted by molar-refractivity contribution is 0.383. The minimum Gasteiger partial charge on any atom is -0.358 e. The van der Waals surface area contributed by atoms with Gasteiger partial charge in [-0.1, -0.05) is 35.9 Å². The molecule has 25 heavy (non-hydrogen) atoms. The molecule has 124 valence electrons. The number of nitrogens with one attached hydrogen (secondary N) is 2. The molecular weight excluding hydrogens is 332 g/mol. The normalized spacial score (nSPS) is 18.3. The zero-order chi connectivity index (χ0) is 17.1. The number of aromatic nitrogens is 1. The van der Waals surface area contributed by atoms with Crippen LogP contribution in [-0.2, 0) is 12.1 Å². The first-order valence-electron chi connectivity index (χ1n) is 8.08. The molecule has 0 bridgehead atoms. The monoisotopic (exact) mass is 348 g/mol. The second-order valence-corrected chi connectivity index (χ2v) is 6.46.